The van der Waals surface area contributed by atoms with Crippen molar-refractivity contribution in [3.05, 3.63) is 82.9 Å². The summed E-state index contributed by atoms with van der Waals surface area (Å²) in [6, 6.07) is 24.7. The smallest absolute Gasteiger partial charge is 0.0440 e. The summed E-state index contributed by atoms with van der Waals surface area (Å²) in [4.78, 5) is 0. The summed E-state index contributed by atoms with van der Waals surface area (Å²) < 4.78 is 5.64. The second-order valence-corrected chi connectivity index (χ2v) is 20.0. The average molecular weight is 639 g/mol. The summed E-state index contributed by atoms with van der Waals surface area (Å²) in [5, 5.41) is 14.3. The minimum Gasteiger partial charge on any atom is -0.135 e. The first kappa shape index (κ1) is 30.2. The topological polar surface area (TPSA) is 0 Å². The summed E-state index contributed by atoms with van der Waals surface area (Å²) in [7, 11) is 0. The molecular weight excluding hydrogens is 593 g/mol. The molecular formula is C44H46S2. The Labute approximate surface area is 281 Å². The van der Waals surface area contributed by atoms with Crippen LogP contribution in [0, 0.1) is 0 Å². The van der Waals surface area contributed by atoms with Crippen molar-refractivity contribution in [1.82, 2.24) is 0 Å². The molecule has 0 aliphatic carbocycles. The Bertz CT molecular complexity index is 2360. The number of benzene rings is 6. The molecule has 2 heteroatoms. The molecule has 0 radical (unpaired) electrons. The minimum atomic E-state index is 0.0288. The van der Waals surface area contributed by atoms with Gasteiger partial charge < -0.3 is 0 Å². The lowest BCUT2D eigenvalue weighted by Crippen LogP contribution is -2.12. The third-order valence-corrected chi connectivity index (χ3v) is 12.8. The number of rotatable bonds is 0. The molecule has 0 saturated heterocycles. The zero-order valence-electron chi connectivity index (χ0n) is 29.6. The van der Waals surface area contributed by atoms with Gasteiger partial charge in [-0.25, -0.2) is 0 Å². The van der Waals surface area contributed by atoms with E-state index in [1.54, 1.807) is 0 Å². The SMILES string of the molecule is CC(C)(C)c1ccc2sc3c4cc(C(C)(C)C)cc5c6c7cc(C(C)(C)C)ccc7sc6c6cc(C(C)(C)C)cc(c3c2c1)c6c45. The van der Waals surface area contributed by atoms with Crippen LogP contribution in [0.2, 0.25) is 0 Å². The van der Waals surface area contributed by atoms with Crippen molar-refractivity contribution in [2.24, 2.45) is 0 Å². The van der Waals surface area contributed by atoms with Crippen molar-refractivity contribution in [1.29, 1.82) is 0 Å². The highest BCUT2D eigenvalue weighted by Crippen LogP contribution is 2.54. The van der Waals surface area contributed by atoms with Gasteiger partial charge in [-0.15, -0.1) is 22.7 Å². The van der Waals surface area contributed by atoms with Gasteiger partial charge in [-0.1, -0.05) is 95.2 Å². The van der Waals surface area contributed by atoms with E-state index in [-0.39, 0.29) is 21.7 Å². The van der Waals surface area contributed by atoms with E-state index in [4.69, 9.17) is 0 Å². The van der Waals surface area contributed by atoms with Crippen LogP contribution in [0.25, 0.3) is 72.7 Å². The Kier molecular flexibility index (Phi) is 6.05. The monoisotopic (exact) mass is 638 g/mol. The van der Waals surface area contributed by atoms with Gasteiger partial charge in [0.25, 0.3) is 0 Å². The average Bonchev–Trinajstić information content (AvgIpc) is 3.53. The van der Waals surface area contributed by atoms with Crippen LogP contribution in [0.4, 0.5) is 0 Å². The van der Waals surface area contributed by atoms with Crippen LogP contribution in [-0.2, 0) is 21.7 Å². The predicted octanol–water partition coefficient (Wildman–Crippen LogP) is 14.5. The van der Waals surface area contributed by atoms with E-state index in [9.17, 15) is 0 Å². The quantitative estimate of drug-likeness (QED) is 0.145. The Morgan fingerprint density at radius 3 is 0.957 bits per heavy atom. The molecule has 0 aliphatic heterocycles. The molecule has 0 atom stereocenters. The molecule has 0 fully saturated rings. The maximum atomic E-state index is 2.55. The fourth-order valence-electron chi connectivity index (χ4n) is 7.48. The van der Waals surface area contributed by atoms with Crippen molar-refractivity contribution < 1.29 is 0 Å². The van der Waals surface area contributed by atoms with Gasteiger partial charge in [-0.3, -0.25) is 0 Å². The molecule has 0 spiro atoms. The van der Waals surface area contributed by atoms with Crippen molar-refractivity contribution in [3.8, 4) is 0 Å². The van der Waals surface area contributed by atoms with Gasteiger partial charge in [0.05, 0.1) is 0 Å². The molecule has 0 nitrogen and oxygen atoms in total. The Hall–Kier alpha value is -3.20. The van der Waals surface area contributed by atoms with E-state index in [2.05, 4.69) is 144 Å². The number of thiophene rings is 2. The summed E-state index contributed by atoms with van der Waals surface area (Å²) >= 11 is 3.98. The summed E-state index contributed by atoms with van der Waals surface area (Å²) in [6.07, 6.45) is 0. The van der Waals surface area contributed by atoms with Crippen LogP contribution < -0.4 is 0 Å². The molecule has 2 heterocycles. The highest BCUT2D eigenvalue weighted by molar-refractivity contribution is 7.27. The molecule has 0 unspecified atom stereocenters. The van der Waals surface area contributed by atoms with Gasteiger partial charge in [0, 0.05) is 51.1 Å². The normalized spacial score (nSPS) is 14.1. The first-order chi connectivity index (χ1) is 21.3. The zero-order valence-corrected chi connectivity index (χ0v) is 31.2. The fraction of sp³-hybridized carbons (Fsp3) is 0.364. The lowest BCUT2D eigenvalue weighted by Gasteiger charge is -2.25. The summed E-state index contributed by atoms with van der Waals surface area (Å²) in [5.41, 5.74) is 5.86. The van der Waals surface area contributed by atoms with Crippen molar-refractivity contribution in [2.45, 2.75) is 105 Å². The first-order valence-corrected chi connectivity index (χ1v) is 18.5. The van der Waals surface area contributed by atoms with Crippen molar-refractivity contribution in [2.75, 3.05) is 0 Å². The number of hydrogen-bond donors (Lipinski definition) is 0. The van der Waals surface area contributed by atoms with Crippen LogP contribution >= 0.6 is 22.7 Å². The third-order valence-electron chi connectivity index (χ3n) is 10.4. The van der Waals surface area contributed by atoms with E-state index in [0.717, 1.165) is 0 Å². The molecule has 234 valence electrons. The molecule has 8 aromatic rings. The van der Waals surface area contributed by atoms with Gasteiger partial charge in [0.2, 0.25) is 0 Å². The van der Waals surface area contributed by atoms with E-state index >= 15 is 0 Å². The number of fused-ring (bicyclic) bond motifs is 10. The molecule has 8 rings (SSSR count). The molecule has 0 N–H and O–H groups in total. The molecule has 6 aromatic carbocycles. The molecule has 0 saturated carbocycles. The molecule has 0 aliphatic rings. The Morgan fingerprint density at radius 2 is 0.630 bits per heavy atom. The first-order valence-electron chi connectivity index (χ1n) is 16.9. The van der Waals surface area contributed by atoms with Crippen molar-refractivity contribution >= 4 is 95.3 Å². The van der Waals surface area contributed by atoms with E-state index in [1.807, 2.05) is 22.7 Å². The van der Waals surface area contributed by atoms with Gasteiger partial charge in [-0.2, -0.15) is 0 Å². The second-order valence-electron chi connectivity index (χ2n) is 17.9. The third kappa shape index (κ3) is 4.29. The predicted molar refractivity (Wildman–Crippen MR) is 211 cm³/mol. The van der Waals surface area contributed by atoms with E-state index < -0.39 is 0 Å². The maximum absolute atomic E-state index is 2.55. The van der Waals surface area contributed by atoms with E-state index in [1.165, 1.54) is 94.9 Å². The van der Waals surface area contributed by atoms with Crippen LogP contribution in [-0.4, -0.2) is 0 Å². The lowest BCUT2D eigenvalue weighted by atomic mass is 9.79. The van der Waals surface area contributed by atoms with Crippen molar-refractivity contribution in [3.63, 3.8) is 0 Å². The van der Waals surface area contributed by atoms with Gasteiger partial charge in [0.15, 0.2) is 0 Å². The molecule has 0 amide bonds. The number of hydrogen-bond acceptors (Lipinski definition) is 2. The van der Waals surface area contributed by atoms with Gasteiger partial charge in [0.1, 0.15) is 0 Å². The van der Waals surface area contributed by atoms with Gasteiger partial charge >= 0.3 is 0 Å². The summed E-state index contributed by atoms with van der Waals surface area (Å²) in [5.74, 6) is 0. The van der Waals surface area contributed by atoms with Crippen LogP contribution in [0.15, 0.2) is 60.7 Å². The van der Waals surface area contributed by atoms with E-state index in [0.29, 0.717) is 0 Å². The van der Waals surface area contributed by atoms with Crippen LogP contribution in [0.1, 0.15) is 105 Å². The largest absolute Gasteiger partial charge is 0.135 e. The Balaban J connectivity index is 1.72. The molecule has 0 bridgehead atoms. The summed E-state index contributed by atoms with van der Waals surface area (Å²) in [6.45, 7) is 28.2. The lowest BCUT2D eigenvalue weighted by molar-refractivity contribution is 0.591. The standard InChI is InChI=1S/C44H46S2/c1-41(2,3)23-13-15-33-27(17-23)37-29-19-25(43(7,8)9)22-32-35(29)36-30(20-26(44(10,11)12)21-31(36)39(37)45-33)38-28-18-24(42(4,5)6)14-16-34(28)46-40(32)38/h13-22H,1-12H3. The highest BCUT2D eigenvalue weighted by atomic mass is 32.1. The molecule has 46 heavy (non-hydrogen) atoms. The van der Waals surface area contributed by atoms with Gasteiger partial charge in [-0.05, 0) is 114 Å². The van der Waals surface area contributed by atoms with Crippen LogP contribution in [0.5, 0.6) is 0 Å². The Morgan fingerprint density at radius 1 is 0.326 bits per heavy atom. The molecule has 2 aromatic heterocycles. The fourth-order valence-corrected chi connectivity index (χ4v) is 9.92. The zero-order chi connectivity index (χ0) is 32.9. The minimum absolute atomic E-state index is 0.0288. The maximum Gasteiger partial charge on any atom is 0.0440 e. The second kappa shape index (κ2) is 9.24. The highest BCUT2D eigenvalue weighted by Gasteiger charge is 2.28. The van der Waals surface area contributed by atoms with Crippen LogP contribution in [0.3, 0.4) is 0 Å².